The predicted molar refractivity (Wildman–Crippen MR) is 118 cm³/mol. The Morgan fingerprint density at radius 1 is 1.03 bits per heavy atom. The molecule has 0 aromatic carbocycles. The molecule has 0 aliphatic rings. The maximum absolute atomic E-state index is 11.5. The van der Waals surface area contributed by atoms with Gasteiger partial charge in [0, 0.05) is 0 Å². The molecule has 0 saturated carbocycles. The third-order valence-corrected chi connectivity index (χ3v) is 5.48. The van der Waals surface area contributed by atoms with Gasteiger partial charge in [0.2, 0.25) is 0 Å². The Morgan fingerprint density at radius 2 is 1.62 bits per heavy atom. The van der Waals surface area contributed by atoms with Crippen LogP contribution in [0.5, 0.6) is 0 Å². The van der Waals surface area contributed by atoms with Crippen molar-refractivity contribution in [1.29, 1.82) is 0 Å². The number of aromatic nitrogens is 4. The molecular formula is C18H30N5O10P. The molecule has 34 heavy (non-hydrogen) atoms. The van der Waals surface area contributed by atoms with E-state index in [0.717, 1.165) is 0 Å². The van der Waals surface area contributed by atoms with Crippen LogP contribution in [0.1, 0.15) is 27.7 Å². The van der Waals surface area contributed by atoms with Crippen molar-refractivity contribution in [1.82, 2.24) is 19.5 Å². The van der Waals surface area contributed by atoms with Crippen LogP contribution in [0.2, 0.25) is 0 Å². The Kier molecular flexibility index (Phi) is 10.6. The average Bonchev–Trinajstić information content (AvgIpc) is 3.14. The fraction of sp³-hybridized carbons (Fsp3) is 0.611. The van der Waals surface area contributed by atoms with Crippen molar-refractivity contribution in [3.05, 3.63) is 12.7 Å². The molecule has 0 spiro atoms. The van der Waals surface area contributed by atoms with Gasteiger partial charge in [0.05, 0.1) is 0 Å². The van der Waals surface area contributed by atoms with Crippen LogP contribution >= 0.6 is 7.94 Å². The van der Waals surface area contributed by atoms with E-state index in [2.05, 4.69) is 15.0 Å². The normalized spacial score (nSPS) is 12.2. The number of fused-ring (bicyclic) bond motifs is 1. The molecule has 0 bridgehead atoms. The van der Waals surface area contributed by atoms with Crippen LogP contribution in [0, 0.1) is 0 Å². The number of hydrogen-bond acceptors (Lipinski definition) is 14. The molecule has 192 valence electrons. The van der Waals surface area contributed by atoms with Crippen LogP contribution in [-0.2, 0) is 39.3 Å². The summed E-state index contributed by atoms with van der Waals surface area (Å²) in [5, 5.41) is 0. The first kappa shape index (κ1) is 27.4. The second kappa shape index (κ2) is 13.2. The zero-order valence-corrected chi connectivity index (χ0v) is 20.3. The number of nitrogens with two attached hydrogens (primary N) is 1. The van der Waals surface area contributed by atoms with Crippen molar-refractivity contribution in [2.75, 3.05) is 32.3 Å². The molecule has 2 aromatic heterocycles. The maximum atomic E-state index is 11.5. The second-order valence-corrected chi connectivity index (χ2v) is 9.57. The molecule has 15 nitrogen and oxygen atoms in total. The van der Waals surface area contributed by atoms with Gasteiger partial charge in [0.1, 0.15) is 0 Å². The molecule has 0 saturated heterocycles. The molecule has 2 aromatic rings. The number of carbonyl (C=O) groups excluding carboxylic acids is 2. The van der Waals surface area contributed by atoms with Crippen LogP contribution in [0.15, 0.2) is 12.7 Å². The Morgan fingerprint density at radius 3 is 2.18 bits per heavy atom. The summed E-state index contributed by atoms with van der Waals surface area (Å²) in [4.78, 5) is 45.8. The molecule has 0 amide bonds. The third-order valence-electron chi connectivity index (χ3n) is 3.78. The van der Waals surface area contributed by atoms with Crippen LogP contribution in [0.4, 0.5) is 15.4 Å². The second-order valence-electron chi connectivity index (χ2n) is 7.28. The van der Waals surface area contributed by atoms with Gasteiger partial charge in [0.15, 0.2) is 0 Å². The predicted octanol–water partition coefficient (Wildman–Crippen LogP) is 1.94. The molecule has 0 unspecified atom stereocenters. The third kappa shape index (κ3) is 9.19. The molecule has 0 radical (unpaired) electrons. The Balaban J connectivity index is 1.88. The Bertz CT molecular complexity index is 913. The zero-order chi connectivity index (χ0) is 25.1. The molecule has 2 rings (SSSR count). The summed E-state index contributed by atoms with van der Waals surface area (Å²) in [6, 6.07) is 0. The van der Waals surface area contributed by atoms with Gasteiger partial charge in [0.25, 0.3) is 0 Å². The number of nitrogen functional groups attached to an aromatic ring is 1. The van der Waals surface area contributed by atoms with Crippen LogP contribution in [-0.4, -0.2) is 75.5 Å². The monoisotopic (exact) mass is 507 g/mol. The van der Waals surface area contributed by atoms with Crippen molar-refractivity contribution < 1.29 is 47.2 Å². The Hall–Kier alpha value is -2.84. The average molecular weight is 507 g/mol. The van der Waals surface area contributed by atoms with E-state index in [1.54, 1.807) is 32.3 Å². The minimum absolute atomic E-state index is 0.101. The summed E-state index contributed by atoms with van der Waals surface area (Å²) < 4.78 is 36.7. The molecule has 16 heteroatoms. The van der Waals surface area contributed by atoms with E-state index in [1.165, 1.54) is 12.7 Å². The number of anilines is 1. The molecular weight excluding hydrogens is 477 g/mol. The summed E-state index contributed by atoms with van der Waals surface area (Å²) in [5.41, 5.74) is 6.73. The first-order valence-electron chi connectivity index (χ1n) is 10.3. The minimum atomic E-state index is -4.11. The summed E-state index contributed by atoms with van der Waals surface area (Å²) in [5.74, 6) is 0.250. The van der Waals surface area contributed by atoms with Crippen molar-refractivity contribution in [3.8, 4) is 0 Å². The molecule has 0 atom stereocenters. The summed E-state index contributed by atoms with van der Waals surface area (Å²) in [6.45, 7) is 5.63. The van der Waals surface area contributed by atoms with E-state index in [9.17, 15) is 14.5 Å². The van der Waals surface area contributed by atoms with E-state index in [4.69, 9.17) is 38.5 Å². The van der Waals surface area contributed by atoms with Gasteiger partial charge >= 0.3 is 195 Å². The topological polar surface area (TPSA) is 189 Å². The first-order chi connectivity index (χ1) is 16.1. The Labute approximate surface area is 196 Å². The van der Waals surface area contributed by atoms with Gasteiger partial charge < -0.3 is 0 Å². The SMILES string of the molecule is CC(C)OC(=O)OCO[PH](O)(COCCn1cnc2c(N)ncnc21)OCOC(=O)OC(C)C. The first-order valence-corrected chi connectivity index (χ1v) is 12.2. The van der Waals surface area contributed by atoms with E-state index in [0.29, 0.717) is 17.7 Å². The van der Waals surface area contributed by atoms with Gasteiger partial charge in [-0.05, 0) is 0 Å². The van der Waals surface area contributed by atoms with Crippen LogP contribution < -0.4 is 5.73 Å². The molecule has 0 aliphatic heterocycles. The van der Waals surface area contributed by atoms with Crippen molar-refractivity contribution in [3.63, 3.8) is 0 Å². The standard InChI is InChI=1S/C18H30N5O10P/c1-12(2)32-17(24)28-9-30-34(26,31-10-29-18(25)33-13(3)4)11-27-6-5-23-8-22-14-15(19)20-7-21-16(14)23/h7-8,12-13,26,34H,5-6,9-11H2,1-4H3,(H2,19,20,21). The van der Waals surface area contributed by atoms with E-state index >= 15 is 0 Å². The number of imidazole rings is 1. The quantitative estimate of drug-likeness (QED) is 0.173. The van der Waals surface area contributed by atoms with E-state index in [1.807, 2.05) is 0 Å². The molecule has 3 N–H and O–H groups in total. The fourth-order valence-electron chi connectivity index (χ4n) is 2.34. The molecule has 0 aliphatic carbocycles. The summed E-state index contributed by atoms with van der Waals surface area (Å²) in [7, 11) is -4.11. The number of carbonyl (C=O) groups is 2. The molecule has 2 heterocycles. The summed E-state index contributed by atoms with van der Waals surface area (Å²) >= 11 is 0. The van der Waals surface area contributed by atoms with Gasteiger partial charge in [-0.15, -0.1) is 0 Å². The van der Waals surface area contributed by atoms with Crippen molar-refractivity contribution in [2.45, 2.75) is 46.4 Å². The van der Waals surface area contributed by atoms with E-state index < -0.39 is 52.4 Å². The number of nitrogens with zero attached hydrogens (tertiary/aromatic N) is 4. The van der Waals surface area contributed by atoms with Crippen molar-refractivity contribution in [2.24, 2.45) is 0 Å². The molecule has 0 fully saturated rings. The van der Waals surface area contributed by atoms with Crippen molar-refractivity contribution >= 4 is 37.2 Å². The number of rotatable bonds is 13. The fourth-order valence-corrected chi connectivity index (χ4v) is 3.48. The van der Waals surface area contributed by atoms with E-state index in [-0.39, 0.29) is 12.4 Å². The van der Waals surface area contributed by atoms with Gasteiger partial charge in [-0.3, -0.25) is 0 Å². The van der Waals surface area contributed by atoms with Crippen LogP contribution in [0.3, 0.4) is 0 Å². The summed E-state index contributed by atoms with van der Waals surface area (Å²) in [6.07, 6.45) is -0.333. The zero-order valence-electron chi connectivity index (χ0n) is 19.3. The number of hydrogen-bond donors (Lipinski definition) is 2. The van der Waals surface area contributed by atoms with Crippen LogP contribution in [0.25, 0.3) is 11.2 Å². The number of ether oxygens (including phenoxy) is 5. The van der Waals surface area contributed by atoms with Gasteiger partial charge in [-0.2, -0.15) is 0 Å². The van der Waals surface area contributed by atoms with Gasteiger partial charge in [-0.1, -0.05) is 0 Å². The van der Waals surface area contributed by atoms with Gasteiger partial charge in [-0.25, -0.2) is 0 Å².